The molecule has 0 fully saturated rings. The molecule has 1 aromatic rings. The Hall–Kier alpha value is -0.921. The molecule has 0 radical (unpaired) electrons. The maximum atomic E-state index is 12.1. The first-order chi connectivity index (χ1) is 8.52. The second kappa shape index (κ2) is 7.50. The van der Waals surface area contributed by atoms with Crippen LogP contribution in [0.3, 0.4) is 0 Å². The SMILES string of the molecule is CCCC(CC(C)=O)[Se]C(=O)c1ccc(C)cc1. The van der Waals surface area contributed by atoms with Gasteiger partial charge in [0.1, 0.15) is 0 Å². The minimum atomic E-state index is -0.128. The van der Waals surface area contributed by atoms with Gasteiger partial charge in [0.05, 0.1) is 0 Å². The first-order valence-electron chi connectivity index (χ1n) is 6.30. The fourth-order valence-corrected chi connectivity index (χ4v) is 4.37. The summed E-state index contributed by atoms with van der Waals surface area (Å²) in [6.07, 6.45) is 2.55. The standard InChI is InChI=1S/C15H20O2Se/c1-4-5-14(10-12(3)16)18-15(17)13-8-6-11(2)7-9-13/h6-9,14H,4-5,10H2,1-3H3. The molecule has 0 aliphatic carbocycles. The zero-order chi connectivity index (χ0) is 13.5. The van der Waals surface area contributed by atoms with E-state index in [1.807, 2.05) is 31.2 Å². The summed E-state index contributed by atoms with van der Waals surface area (Å²) in [5.74, 6) is 0.187. The van der Waals surface area contributed by atoms with Crippen molar-refractivity contribution in [3.05, 3.63) is 35.4 Å². The number of carbonyl (C=O) groups excluding carboxylic acids is 2. The van der Waals surface area contributed by atoms with Crippen LogP contribution in [0.4, 0.5) is 0 Å². The third kappa shape index (κ3) is 5.16. The van der Waals surface area contributed by atoms with Crippen molar-refractivity contribution < 1.29 is 9.59 Å². The van der Waals surface area contributed by atoms with Gasteiger partial charge in [-0.2, -0.15) is 0 Å². The summed E-state index contributed by atoms with van der Waals surface area (Å²) in [7, 11) is 0. The normalized spacial score (nSPS) is 12.2. The van der Waals surface area contributed by atoms with Crippen LogP contribution >= 0.6 is 0 Å². The number of hydrogen-bond acceptors (Lipinski definition) is 2. The summed E-state index contributed by atoms with van der Waals surface area (Å²) in [4.78, 5) is 23.6. The van der Waals surface area contributed by atoms with Crippen LogP contribution < -0.4 is 0 Å². The Morgan fingerprint density at radius 1 is 1.22 bits per heavy atom. The van der Waals surface area contributed by atoms with E-state index < -0.39 is 0 Å². The second-order valence-corrected chi connectivity index (χ2v) is 7.26. The molecule has 1 aromatic carbocycles. The van der Waals surface area contributed by atoms with Crippen LogP contribution in [0.1, 0.15) is 49.0 Å². The van der Waals surface area contributed by atoms with E-state index in [9.17, 15) is 9.59 Å². The van der Waals surface area contributed by atoms with Crippen LogP contribution in [0.25, 0.3) is 0 Å². The van der Waals surface area contributed by atoms with Gasteiger partial charge >= 0.3 is 115 Å². The molecular weight excluding hydrogens is 291 g/mol. The summed E-state index contributed by atoms with van der Waals surface area (Å²) >= 11 is -0.128. The third-order valence-corrected chi connectivity index (χ3v) is 5.17. The van der Waals surface area contributed by atoms with Crippen molar-refractivity contribution in [3.8, 4) is 0 Å². The molecule has 2 nitrogen and oxygen atoms in total. The second-order valence-electron chi connectivity index (χ2n) is 4.59. The van der Waals surface area contributed by atoms with Crippen LogP contribution in [0.2, 0.25) is 4.82 Å². The molecule has 18 heavy (non-hydrogen) atoms. The number of rotatable bonds is 7. The van der Waals surface area contributed by atoms with Gasteiger partial charge in [-0.25, -0.2) is 0 Å². The molecule has 0 aliphatic heterocycles. The average molecular weight is 311 g/mol. The molecule has 0 heterocycles. The Balaban J connectivity index is 2.65. The van der Waals surface area contributed by atoms with Gasteiger partial charge < -0.3 is 0 Å². The van der Waals surface area contributed by atoms with E-state index in [1.165, 1.54) is 0 Å². The van der Waals surface area contributed by atoms with Crippen molar-refractivity contribution >= 4 is 25.4 Å². The third-order valence-electron chi connectivity index (χ3n) is 2.69. The van der Waals surface area contributed by atoms with E-state index in [0.29, 0.717) is 6.42 Å². The molecule has 1 rings (SSSR count). The van der Waals surface area contributed by atoms with Gasteiger partial charge in [0, 0.05) is 0 Å². The number of carbonyl (C=O) groups is 2. The Morgan fingerprint density at radius 3 is 2.33 bits per heavy atom. The van der Waals surface area contributed by atoms with E-state index in [1.54, 1.807) is 6.92 Å². The van der Waals surface area contributed by atoms with Crippen molar-refractivity contribution in [2.24, 2.45) is 0 Å². The van der Waals surface area contributed by atoms with Gasteiger partial charge in [-0.3, -0.25) is 0 Å². The molecule has 0 saturated heterocycles. The monoisotopic (exact) mass is 312 g/mol. The van der Waals surface area contributed by atoms with Crippen molar-refractivity contribution in [2.45, 2.75) is 44.9 Å². The van der Waals surface area contributed by atoms with Gasteiger partial charge in [0.2, 0.25) is 0 Å². The number of benzene rings is 1. The van der Waals surface area contributed by atoms with Crippen LogP contribution in [0.5, 0.6) is 0 Å². The Labute approximate surface area is 115 Å². The Kier molecular flexibility index (Phi) is 6.31. The predicted molar refractivity (Wildman–Crippen MR) is 75.2 cm³/mol. The number of ketones is 1. The van der Waals surface area contributed by atoms with Gasteiger partial charge in [0.25, 0.3) is 0 Å². The number of hydrogen-bond donors (Lipinski definition) is 0. The molecule has 0 N–H and O–H groups in total. The molecule has 0 amide bonds. The Bertz CT molecular complexity index is 409. The molecule has 1 atom stereocenters. The topological polar surface area (TPSA) is 34.1 Å². The van der Waals surface area contributed by atoms with Gasteiger partial charge in [-0.05, 0) is 0 Å². The summed E-state index contributed by atoms with van der Waals surface area (Å²) < 4.78 is 0.210. The molecular formula is C15H20O2Se. The van der Waals surface area contributed by atoms with Gasteiger partial charge in [0.15, 0.2) is 0 Å². The van der Waals surface area contributed by atoms with Crippen molar-refractivity contribution in [3.63, 3.8) is 0 Å². The predicted octanol–water partition coefficient (Wildman–Crippen LogP) is 3.41. The van der Waals surface area contributed by atoms with E-state index in [2.05, 4.69) is 6.92 Å². The molecule has 1 unspecified atom stereocenters. The fraction of sp³-hybridized carbons (Fsp3) is 0.467. The molecule has 0 bridgehead atoms. The van der Waals surface area contributed by atoms with E-state index in [0.717, 1.165) is 24.0 Å². The summed E-state index contributed by atoms with van der Waals surface area (Å²) in [5.41, 5.74) is 1.94. The van der Waals surface area contributed by atoms with Crippen LogP contribution in [-0.4, -0.2) is 25.4 Å². The van der Waals surface area contributed by atoms with Crippen LogP contribution in [0, 0.1) is 6.92 Å². The summed E-state index contributed by atoms with van der Waals surface area (Å²) in [6, 6.07) is 7.69. The van der Waals surface area contributed by atoms with Crippen LogP contribution in [0.15, 0.2) is 24.3 Å². The molecule has 98 valence electrons. The van der Waals surface area contributed by atoms with Crippen molar-refractivity contribution in [2.75, 3.05) is 0 Å². The van der Waals surface area contributed by atoms with Crippen molar-refractivity contribution in [1.29, 1.82) is 0 Å². The first-order valence-corrected chi connectivity index (χ1v) is 8.14. The van der Waals surface area contributed by atoms with Crippen LogP contribution in [-0.2, 0) is 4.79 Å². The summed E-state index contributed by atoms with van der Waals surface area (Å²) in [6.45, 7) is 5.71. The average Bonchev–Trinajstić information content (AvgIpc) is 2.29. The molecule has 3 heteroatoms. The zero-order valence-corrected chi connectivity index (χ0v) is 12.9. The molecule has 0 aliphatic rings. The first kappa shape index (κ1) is 15.1. The number of aryl methyl sites for hydroxylation is 1. The molecule has 0 spiro atoms. The molecule has 0 saturated carbocycles. The fourth-order valence-electron chi connectivity index (χ4n) is 1.75. The summed E-state index contributed by atoms with van der Waals surface area (Å²) in [5, 5.41) is 0. The maximum absolute atomic E-state index is 12.1. The van der Waals surface area contributed by atoms with Crippen molar-refractivity contribution in [1.82, 2.24) is 0 Å². The minimum absolute atomic E-state index is 0.128. The zero-order valence-electron chi connectivity index (χ0n) is 11.2. The van der Waals surface area contributed by atoms with E-state index in [-0.39, 0.29) is 30.2 Å². The van der Waals surface area contributed by atoms with E-state index >= 15 is 0 Å². The number of Topliss-reactive ketones (excluding diaryl/α,β-unsaturated/α-hetero) is 1. The van der Waals surface area contributed by atoms with E-state index in [4.69, 9.17) is 0 Å². The van der Waals surface area contributed by atoms with Gasteiger partial charge in [-0.1, -0.05) is 0 Å². The van der Waals surface area contributed by atoms with Gasteiger partial charge in [-0.15, -0.1) is 0 Å². The Morgan fingerprint density at radius 2 is 1.83 bits per heavy atom. The quantitative estimate of drug-likeness (QED) is 0.723. The molecule has 0 aromatic heterocycles.